The molecule has 6 rings (SSSR count). The Labute approximate surface area is 336 Å². The van der Waals surface area contributed by atoms with E-state index < -0.39 is 0 Å². The first-order chi connectivity index (χ1) is 19.5. The molecule has 5 radical (unpaired) electrons. The molecule has 0 aliphatic carbocycles. The third-order valence-corrected chi connectivity index (χ3v) is 6.30. The number of aromatic nitrogens is 2. The maximum absolute atomic E-state index is 4.39. The van der Waals surface area contributed by atoms with Crippen molar-refractivity contribution in [2.24, 2.45) is 0 Å². The van der Waals surface area contributed by atoms with Gasteiger partial charge in [0.25, 0.3) is 0 Å². The van der Waals surface area contributed by atoms with Crippen molar-refractivity contribution in [1.82, 2.24) is 9.97 Å². The van der Waals surface area contributed by atoms with E-state index in [1.165, 1.54) is 5.56 Å². The zero-order valence-electron chi connectivity index (χ0n) is 25.9. The van der Waals surface area contributed by atoms with Crippen LogP contribution in [0.1, 0.15) is 26.3 Å². The minimum Gasteiger partial charge on any atom is -0.358 e. The number of nitrogens with zero attached hydrogens (tertiary/aromatic N) is 2. The van der Waals surface area contributed by atoms with Crippen molar-refractivity contribution in [3.8, 4) is 44.8 Å². The van der Waals surface area contributed by atoms with Crippen LogP contribution < -0.4 is 0 Å². The number of pyridine rings is 2. The molecule has 0 atom stereocenters. The predicted molar refractivity (Wildman–Crippen MR) is 174 cm³/mol. The second-order valence-corrected chi connectivity index (χ2v) is 10.2. The number of hydrogen-bond donors (Lipinski definition) is 0. The van der Waals surface area contributed by atoms with Gasteiger partial charge in [0.05, 0.1) is 0 Å². The molecule has 0 spiro atoms. The quantitative estimate of drug-likeness (QED) is 0.131. The van der Waals surface area contributed by atoms with E-state index in [-0.39, 0.29) is 107 Å². The van der Waals surface area contributed by atoms with Crippen LogP contribution in [0.15, 0.2) is 116 Å². The Kier molecular flexibility index (Phi) is 20.2. The Morgan fingerprint density at radius 3 is 1.73 bits per heavy atom. The maximum Gasteiger partial charge on any atom is 3.00 e. The van der Waals surface area contributed by atoms with Gasteiger partial charge >= 0.3 is 32.7 Å². The topological polar surface area (TPSA) is 25.8 Å². The summed E-state index contributed by atoms with van der Waals surface area (Å²) in [5, 5.41) is 0. The molecular weight excluding hydrogens is 877 g/mol. The third-order valence-electron chi connectivity index (χ3n) is 6.30. The van der Waals surface area contributed by atoms with Crippen molar-refractivity contribution in [2.75, 3.05) is 0 Å². The molecule has 0 N–H and O–H groups in total. The molecule has 6 heteroatoms. The SMILES string of the molecule is CC(C)(C)c1ccnc(-c2[c-]cccc2)c1.[B].[CH3-].[Ir].[Y+3].[Y].[c-]1ccc(-c2[c-]cc(-c3[c-]cccc3)[c-]c2)[c-]c1-c1ccccn1. The fraction of sp³-hybridized carbons (Fsp3) is 0.103. The van der Waals surface area contributed by atoms with E-state index in [0.29, 0.717) is 0 Å². The summed E-state index contributed by atoms with van der Waals surface area (Å²) in [6.45, 7) is 6.63. The normalized spacial score (nSPS) is 9.67. The average molecular weight is 909 g/mol. The molecule has 6 aromatic rings. The summed E-state index contributed by atoms with van der Waals surface area (Å²) in [5.41, 5.74) is 9.10. The van der Waals surface area contributed by atoms with Crippen LogP contribution in [0.4, 0.5) is 0 Å². The second-order valence-electron chi connectivity index (χ2n) is 10.2. The summed E-state index contributed by atoms with van der Waals surface area (Å²) in [4.78, 5) is 8.74. The Balaban J connectivity index is 0.000000824. The van der Waals surface area contributed by atoms with Crippen LogP contribution in [0.3, 0.4) is 0 Å². The van der Waals surface area contributed by atoms with Gasteiger partial charge in [0.1, 0.15) is 0 Å². The Morgan fingerprint density at radius 1 is 0.578 bits per heavy atom. The molecule has 0 aliphatic rings. The first-order valence-corrected chi connectivity index (χ1v) is 13.2. The van der Waals surface area contributed by atoms with E-state index in [1.807, 2.05) is 97.2 Å². The van der Waals surface area contributed by atoms with Crippen molar-refractivity contribution < 1.29 is 85.5 Å². The molecule has 0 bridgehead atoms. The van der Waals surface area contributed by atoms with Crippen molar-refractivity contribution in [3.05, 3.63) is 165 Å². The van der Waals surface area contributed by atoms with E-state index in [0.717, 1.165) is 44.8 Å². The first-order valence-electron chi connectivity index (χ1n) is 13.2. The van der Waals surface area contributed by atoms with Gasteiger partial charge in [-0.1, -0.05) is 38.6 Å². The van der Waals surface area contributed by atoms with Crippen LogP contribution >= 0.6 is 0 Å². The Morgan fingerprint density at radius 2 is 1.18 bits per heavy atom. The van der Waals surface area contributed by atoms with E-state index in [4.69, 9.17) is 0 Å². The summed E-state index contributed by atoms with van der Waals surface area (Å²) < 4.78 is 0. The van der Waals surface area contributed by atoms with Crippen LogP contribution in [-0.2, 0) is 90.9 Å². The summed E-state index contributed by atoms with van der Waals surface area (Å²) in [6, 6.07) is 53.1. The van der Waals surface area contributed by atoms with Gasteiger partial charge in [0, 0.05) is 73.6 Å². The van der Waals surface area contributed by atoms with E-state index in [9.17, 15) is 0 Å². The maximum atomic E-state index is 4.39. The molecule has 45 heavy (non-hydrogen) atoms. The van der Waals surface area contributed by atoms with Gasteiger partial charge in [-0.05, 0) is 28.8 Å². The first kappa shape index (κ1) is 43.1. The molecule has 0 saturated heterocycles. The van der Waals surface area contributed by atoms with Crippen LogP contribution in [-0.4, -0.2) is 18.4 Å². The van der Waals surface area contributed by atoms with Crippen LogP contribution in [0.25, 0.3) is 44.8 Å². The van der Waals surface area contributed by atoms with Crippen molar-refractivity contribution >= 4 is 8.41 Å². The monoisotopic (exact) mass is 909 g/mol. The molecule has 0 fully saturated rings. The smallest absolute Gasteiger partial charge is 0.358 e. The second kappa shape index (κ2) is 21.1. The number of benzene rings is 4. The molecule has 2 heterocycles. The van der Waals surface area contributed by atoms with Gasteiger partial charge in [-0.3, -0.25) is 23.3 Å². The van der Waals surface area contributed by atoms with Gasteiger partial charge in [0.15, 0.2) is 0 Å². The summed E-state index contributed by atoms with van der Waals surface area (Å²) in [5.74, 6) is 0. The summed E-state index contributed by atoms with van der Waals surface area (Å²) in [6.07, 6.45) is 3.64. The molecule has 0 amide bonds. The van der Waals surface area contributed by atoms with E-state index in [2.05, 4.69) is 79.3 Å². The van der Waals surface area contributed by atoms with Crippen molar-refractivity contribution in [2.45, 2.75) is 26.2 Å². The van der Waals surface area contributed by atoms with Gasteiger partial charge in [-0.15, -0.1) is 48.0 Å². The molecule has 2 aromatic heterocycles. The standard InChI is InChI=1S/C23H12N.C15H16N.CH3.B.Ir.2Y/c1-2-7-18(8-3-1)19-12-14-20(15-13-19)21-9-6-10-22(17-21)23-11-4-5-16-24-23;1-15(2,3)13-9-10-16-14(11-13)12-7-5-4-6-8-12;;;;;/h1-7,9,11-12,15-16H;4-7,9-11H,1-3H3;1H3;;;;/q-5;2*-1;;;;+3. The minimum absolute atomic E-state index is 0. The van der Waals surface area contributed by atoms with Gasteiger partial charge in [-0.2, -0.15) is 24.3 Å². The van der Waals surface area contributed by atoms with Crippen molar-refractivity contribution in [3.63, 3.8) is 0 Å². The van der Waals surface area contributed by atoms with Crippen molar-refractivity contribution in [1.29, 1.82) is 0 Å². The van der Waals surface area contributed by atoms with E-state index in [1.54, 1.807) is 6.20 Å². The molecule has 0 saturated carbocycles. The summed E-state index contributed by atoms with van der Waals surface area (Å²) >= 11 is 0. The molecular formula is C39H31BIrN2Y2-4. The number of rotatable bonds is 4. The van der Waals surface area contributed by atoms with Crippen LogP contribution in [0, 0.1) is 43.8 Å². The average Bonchev–Trinajstić information content (AvgIpc) is 3.02. The fourth-order valence-electron chi connectivity index (χ4n) is 4.08. The minimum atomic E-state index is 0. The molecule has 2 nitrogen and oxygen atoms in total. The van der Waals surface area contributed by atoms with Gasteiger partial charge in [-0.25, -0.2) is 41.5 Å². The summed E-state index contributed by atoms with van der Waals surface area (Å²) in [7, 11) is 0. The third kappa shape index (κ3) is 12.3. The molecule has 0 unspecified atom stereocenters. The number of hydrogen-bond acceptors (Lipinski definition) is 2. The zero-order valence-corrected chi connectivity index (χ0v) is 34.0. The van der Waals surface area contributed by atoms with Gasteiger partial charge < -0.3 is 29.0 Å². The predicted octanol–water partition coefficient (Wildman–Crippen LogP) is 8.99. The Hall–Kier alpha value is -1.90. The fourth-order valence-corrected chi connectivity index (χ4v) is 4.08. The zero-order chi connectivity index (χ0) is 27.8. The van der Waals surface area contributed by atoms with Crippen LogP contribution in [0.2, 0.25) is 0 Å². The Bertz CT molecular complexity index is 1660. The van der Waals surface area contributed by atoms with E-state index >= 15 is 0 Å². The molecule has 0 aliphatic heterocycles. The molecule has 219 valence electrons. The van der Waals surface area contributed by atoms with Gasteiger partial charge in [0.2, 0.25) is 0 Å². The largest absolute Gasteiger partial charge is 3.00 e. The van der Waals surface area contributed by atoms with Crippen LogP contribution in [0.5, 0.6) is 0 Å². The molecule has 4 aromatic carbocycles.